The highest BCUT2D eigenvalue weighted by molar-refractivity contribution is 9.10. The van der Waals surface area contributed by atoms with Gasteiger partial charge < -0.3 is 10.5 Å². The summed E-state index contributed by atoms with van der Waals surface area (Å²) in [5.41, 5.74) is 6.00. The highest BCUT2D eigenvalue weighted by Gasteiger charge is 2.26. The summed E-state index contributed by atoms with van der Waals surface area (Å²) in [6, 6.07) is 4.65. The Morgan fingerprint density at radius 1 is 1.47 bits per heavy atom. The molecule has 0 radical (unpaired) electrons. The normalized spacial score (nSPS) is 24.3. The number of hydrogen-bond acceptors (Lipinski definition) is 4. The number of ether oxygens (including phenoxy) is 1. The first-order chi connectivity index (χ1) is 8.88. The molecule has 5 nitrogen and oxygen atoms in total. The van der Waals surface area contributed by atoms with Crippen LogP contribution in [0.2, 0.25) is 0 Å². The van der Waals surface area contributed by atoms with Crippen LogP contribution in [0.1, 0.15) is 19.8 Å². The lowest BCUT2D eigenvalue weighted by Gasteiger charge is -2.27. The fraction of sp³-hybridized carbons (Fsp3) is 0.500. The second kappa shape index (κ2) is 5.78. The molecule has 1 aliphatic heterocycles. The second-order valence-electron chi connectivity index (χ2n) is 4.71. The molecule has 0 bridgehead atoms. The smallest absolute Gasteiger partial charge is 0.242 e. The van der Waals surface area contributed by atoms with E-state index in [0.717, 1.165) is 4.47 Å². The third kappa shape index (κ3) is 3.68. The summed E-state index contributed by atoms with van der Waals surface area (Å²) in [6.07, 6.45) is 1.43. The third-order valence-corrected chi connectivity index (χ3v) is 5.16. The van der Waals surface area contributed by atoms with Gasteiger partial charge in [-0.15, -0.1) is 0 Å². The average molecular weight is 349 g/mol. The van der Waals surface area contributed by atoms with Crippen LogP contribution in [0.4, 0.5) is 5.69 Å². The predicted molar refractivity (Wildman–Crippen MR) is 77.3 cm³/mol. The Hall–Kier alpha value is -0.630. The molecule has 2 unspecified atom stereocenters. The number of nitrogens with one attached hydrogen (secondary N) is 1. The zero-order valence-corrected chi connectivity index (χ0v) is 13.0. The number of sulfonamides is 1. The van der Waals surface area contributed by atoms with E-state index in [1.165, 1.54) is 6.07 Å². The van der Waals surface area contributed by atoms with E-state index in [1.54, 1.807) is 12.1 Å². The molecule has 1 heterocycles. The van der Waals surface area contributed by atoms with E-state index in [9.17, 15) is 8.42 Å². The Morgan fingerprint density at radius 3 is 2.84 bits per heavy atom. The number of nitrogens with two attached hydrogens (primary N) is 1. The van der Waals surface area contributed by atoms with Gasteiger partial charge in [-0.1, -0.05) is 15.9 Å². The van der Waals surface area contributed by atoms with Crippen molar-refractivity contribution < 1.29 is 13.2 Å². The van der Waals surface area contributed by atoms with Crippen molar-refractivity contribution in [3.05, 3.63) is 22.7 Å². The van der Waals surface area contributed by atoms with Gasteiger partial charge in [-0.2, -0.15) is 0 Å². The predicted octanol–water partition coefficient (Wildman–Crippen LogP) is 1.88. The SMILES string of the molecule is CC1CC(NS(=O)(=O)c2ccc(Br)cc2N)CCO1. The molecule has 2 rings (SSSR count). The molecule has 7 heteroatoms. The summed E-state index contributed by atoms with van der Waals surface area (Å²) in [4.78, 5) is 0.120. The van der Waals surface area contributed by atoms with Crippen LogP contribution in [0.3, 0.4) is 0 Å². The molecule has 0 spiro atoms. The minimum atomic E-state index is -3.58. The molecule has 1 fully saturated rings. The number of nitrogen functional groups attached to an aromatic ring is 1. The van der Waals surface area contributed by atoms with Crippen LogP contribution in [0.25, 0.3) is 0 Å². The maximum atomic E-state index is 12.3. The molecule has 0 aromatic heterocycles. The summed E-state index contributed by atoms with van der Waals surface area (Å²) in [5.74, 6) is 0. The summed E-state index contributed by atoms with van der Waals surface area (Å²) in [6.45, 7) is 2.51. The first-order valence-electron chi connectivity index (χ1n) is 6.07. The molecule has 1 saturated heterocycles. The van der Waals surface area contributed by atoms with Crippen molar-refractivity contribution in [2.24, 2.45) is 0 Å². The van der Waals surface area contributed by atoms with E-state index in [2.05, 4.69) is 20.7 Å². The van der Waals surface area contributed by atoms with Gasteiger partial charge in [0.2, 0.25) is 10.0 Å². The molecule has 1 aliphatic rings. The number of anilines is 1. The highest BCUT2D eigenvalue weighted by Crippen LogP contribution is 2.24. The topological polar surface area (TPSA) is 81.4 Å². The van der Waals surface area contributed by atoms with Crippen LogP contribution in [0, 0.1) is 0 Å². The van der Waals surface area contributed by atoms with Gasteiger partial charge in [0.15, 0.2) is 0 Å². The Labute approximate surface area is 121 Å². The van der Waals surface area contributed by atoms with E-state index in [4.69, 9.17) is 10.5 Å². The second-order valence-corrected chi connectivity index (χ2v) is 7.30. The molecule has 1 aromatic carbocycles. The highest BCUT2D eigenvalue weighted by atomic mass is 79.9. The zero-order valence-electron chi connectivity index (χ0n) is 10.6. The maximum absolute atomic E-state index is 12.3. The maximum Gasteiger partial charge on any atom is 0.242 e. The summed E-state index contributed by atoms with van der Waals surface area (Å²) in [7, 11) is -3.58. The fourth-order valence-corrected chi connectivity index (χ4v) is 3.93. The molecule has 0 aliphatic carbocycles. The van der Waals surface area contributed by atoms with Gasteiger partial charge in [0, 0.05) is 17.1 Å². The van der Waals surface area contributed by atoms with E-state index in [1.807, 2.05) is 6.92 Å². The van der Waals surface area contributed by atoms with Gasteiger partial charge >= 0.3 is 0 Å². The molecule has 1 aromatic rings. The molecule has 19 heavy (non-hydrogen) atoms. The minimum absolute atomic E-state index is 0.0729. The Morgan fingerprint density at radius 2 is 2.21 bits per heavy atom. The first-order valence-corrected chi connectivity index (χ1v) is 8.35. The van der Waals surface area contributed by atoms with E-state index < -0.39 is 10.0 Å². The lowest BCUT2D eigenvalue weighted by molar-refractivity contribution is 0.0173. The van der Waals surface area contributed by atoms with Gasteiger partial charge in [0.1, 0.15) is 4.90 Å². The van der Waals surface area contributed by atoms with Crippen molar-refractivity contribution in [2.75, 3.05) is 12.3 Å². The van der Waals surface area contributed by atoms with E-state index >= 15 is 0 Å². The summed E-state index contributed by atoms with van der Waals surface area (Å²) >= 11 is 3.26. The molecule has 106 valence electrons. The van der Waals surface area contributed by atoms with Crippen molar-refractivity contribution in [3.63, 3.8) is 0 Å². The third-order valence-electron chi connectivity index (χ3n) is 3.07. The first kappa shape index (κ1) is 14.8. The summed E-state index contributed by atoms with van der Waals surface area (Å²) in [5, 5.41) is 0. The molecule has 3 N–H and O–H groups in total. The molecule has 2 atom stereocenters. The van der Waals surface area contributed by atoms with Gasteiger partial charge in [-0.25, -0.2) is 13.1 Å². The molecule has 0 amide bonds. The lowest BCUT2D eigenvalue weighted by Crippen LogP contribution is -2.41. The zero-order chi connectivity index (χ0) is 14.0. The van der Waals surface area contributed by atoms with Crippen molar-refractivity contribution >= 4 is 31.6 Å². The number of halogens is 1. The van der Waals surface area contributed by atoms with Gasteiger partial charge in [-0.3, -0.25) is 0 Å². The standard InChI is InChI=1S/C12H17BrN2O3S/c1-8-6-10(4-5-18-8)15-19(16,17)12-3-2-9(13)7-11(12)14/h2-3,7-8,10,15H,4-6,14H2,1H3. The van der Waals surface area contributed by atoms with Crippen LogP contribution < -0.4 is 10.5 Å². The Kier molecular flexibility index (Phi) is 4.50. The Balaban J connectivity index is 2.18. The largest absolute Gasteiger partial charge is 0.398 e. The van der Waals surface area contributed by atoms with Gasteiger partial charge in [0.25, 0.3) is 0 Å². The average Bonchev–Trinajstić information content (AvgIpc) is 2.27. The minimum Gasteiger partial charge on any atom is -0.398 e. The van der Waals surface area contributed by atoms with Crippen LogP contribution in [-0.2, 0) is 14.8 Å². The van der Waals surface area contributed by atoms with Crippen molar-refractivity contribution in [1.82, 2.24) is 4.72 Å². The monoisotopic (exact) mass is 348 g/mol. The van der Waals surface area contributed by atoms with Gasteiger partial charge in [-0.05, 0) is 38.0 Å². The van der Waals surface area contributed by atoms with Gasteiger partial charge in [0.05, 0.1) is 11.8 Å². The summed E-state index contributed by atoms with van der Waals surface area (Å²) < 4.78 is 33.4. The molecular formula is C12H17BrN2O3S. The fourth-order valence-electron chi connectivity index (χ4n) is 2.15. The molecule has 0 saturated carbocycles. The van der Waals surface area contributed by atoms with E-state index in [-0.39, 0.29) is 22.7 Å². The molecular weight excluding hydrogens is 332 g/mol. The van der Waals surface area contributed by atoms with E-state index in [0.29, 0.717) is 19.4 Å². The van der Waals surface area contributed by atoms with Crippen molar-refractivity contribution in [1.29, 1.82) is 0 Å². The van der Waals surface area contributed by atoms with Crippen LogP contribution in [-0.4, -0.2) is 27.2 Å². The Bertz CT molecular complexity index is 562. The van der Waals surface area contributed by atoms with Crippen LogP contribution in [0.5, 0.6) is 0 Å². The number of hydrogen-bond donors (Lipinski definition) is 2. The number of rotatable bonds is 3. The lowest BCUT2D eigenvalue weighted by atomic mass is 10.1. The van der Waals surface area contributed by atoms with Crippen molar-refractivity contribution in [2.45, 2.75) is 36.8 Å². The van der Waals surface area contributed by atoms with Crippen molar-refractivity contribution in [3.8, 4) is 0 Å². The van der Waals surface area contributed by atoms with Crippen LogP contribution in [0.15, 0.2) is 27.6 Å². The quantitative estimate of drug-likeness (QED) is 0.817. The van der Waals surface area contributed by atoms with Crippen LogP contribution >= 0.6 is 15.9 Å². The number of benzene rings is 1.